The van der Waals surface area contributed by atoms with Crippen LogP contribution in [0.15, 0.2) is 95.6 Å². The zero-order chi connectivity index (χ0) is 23.7. The molecule has 4 nitrogen and oxygen atoms in total. The van der Waals surface area contributed by atoms with E-state index < -0.39 is 11.7 Å². The van der Waals surface area contributed by atoms with E-state index in [-0.39, 0.29) is 5.69 Å². The molecule has 0 saturated carbocycles. The van der Waals surface area contributed by atoms with E-state index >= 15 is 0 Å². The van der Waals surface area contributed by atoms with E-state index in [0.29, 0.717) is 16.9 Å². The van der Waals surface area contributed by atoms with Gasteiger partial charge in [0.1, 0.15) is 17.1 Å². The Balaban J connectivity index is 1.58. The average Bonchev–Trinajstić information content (AvgIpc) is 3.27. The molecular formula is C29H22FNO3. The molecule has 0 aliphatic carbocycles. The van der Waals surface area contributed by atoms with Crippen molar-refractivity contribution in [3.63, 3.8) is 0 Å². The van der Waals surface area contributed by atoms with Gasteiger partial charge in [-0.2, -0.15) is 0 Å². The number of allylic oxidation sites excluding steroid dienone is 1. The number of ether oxygens (including phenoxy) is 1. The molecule has 5 rings (SSSR count). The highest BCUT2D eigenvalue weighted by Crippen LogP contribution is 2.39. The fourth-order valence-corrected chi connectivity index (χ4v) is 4.21. The maximum Gasteiger partial charge on any atom is 0.248 e. The number of hydrogen-bond acceptors (Lipinski definition) is 3. The molecule has 0 aliphatic rings. The van der Waals surface area contributed by atoms with E-state index in [1.165, 1.54) is 18.2 Å². The molecule has 4 aromatic carbocycles. The Bertz CT molecular complexity index is 1560. The van der Waals surface area contributed by atoms with Crippen molar-refractivity contribution in [1.29, 1.82) is 0 Å². The highest BCUT2D eigenvalue weighted by atomic mass is 19.1. The van der Waals surface area contributed by atoms with E-state index in [9.17, 15) is 9.18 Å². The number of methoxy groups -OCH3 is 1. The van der Waals surface area contributed by atoms with Crippen LogP contribution in [0.2, 0.25) is 0 Å². The normalized spacial score (nSPS) is 11.7. The second-order valence-corrected chi connectivity index (χ2v) is 8.02. The van der Waals surface area contributed by atoms with Gasteiger partial charge < -0.3 is 14.5 Å². The number of nitrogens with one attached hydrogen (secondary N) is 1. The maximum absolute atomic E-state index is 13.9. The standard InChI is InChI=1S/C29H22FNO3/c1-18(14-29(32)31-26-13-6-5-12-25(26)30)22-15-23-24(17-34-28(23)16-27(22)33-2)21-11-7-9-19-8-3-4-10-20(19)21/h3-17H,1-2H3,(H,31,32)/b18-14+. The van der Waals surface area contributed by atoms with Crippen LogP contribution in [0.5, 0.6) is 5.75 Å². The van der Waals surface area contributed by atoms with Gasteiger partial charge in [-0.3, -0.25) is 4.79 Å². The third-order valence-electron chi connectivity index (χ3n) is 5.88. The summed E-state index contributed by atoms with van der Waals surface area (Å²) in [5.74, 6) is -0.330. The highest BCUT2D eigenvalue weighted by Gasteiger charge is 2.16. The highest BCUT2D eigenvalue weighted by molar-refractivity contribution is 6.07. The Morgan fingerprint density at radius 2 is 1.71 bits per heavy atom. The number of hydrogen-bond donors (Lipinski definition) is 1. The van der Waals surface area contributed by atoms with Crippen molar-refractivity contribution in [2.45, 2.75) is 6.92 Å². The summed E-state index contributed by atoms with van der Waals surface area (Å²) in [7, 11) is 1.58. The molecule has 0 saturated heterocycles. The second kappa shape index (κ2) is 8.87. The molecular weight excluding hydrogens is 429 g/mol. The first-order valence-electron chi connectivity index (χ1n) is 10.9. The van der Waals surface area contributed by atoms with E-state index in [0.717, 1.165) is 32.8 Å². The van der Waals surface area contributed by atoms with Crippen LogP contribution in [0.4, 0.5) is 10.1 Å². The summed E-state index contributed by atoms with van der Waals surface area (Å²) in [5, 5.41) is 5.77. The summed E-state index contributed by atoms with van der Waals surface area (Å²) >= 11 is 0. The lowest BCUT2D eigenvalue weighted by Crippen LogP contribution is -2.10. The molecule has 34 heavy (non-hydrogen) atoms. The van der Waals surface area contributed by atoms with E-state index in [4.69, 9.17) is 9.15 Å². The van der Waals surface area contributed by atoms with Gasteiger partial charge in [-0.15, -0.1) is 0 Å². The number of furan rings is 1. The topological polar surface area (TPSA) is 51.5 Å². The molecule has 0 fully saturated rings. The van der Waals surface area contributed by atoms with Gasteiger partial charge in [-0.25, -0.2) is 4.39 Å². The van der Waals surface area contributed by atoms with E-state index in [1.54, 1.807) is 25.5 Å². The van der Waals surface area contributed by atoms with Crippen molar-refractivity contribution in [3.05, 3.63) is 103 Å². The molecule has 0 atom stereocenters. The number of carbonyl (C=O) groups excluding carboxylic acids is 1. The number of rotatable bonds is 5. The van der Waals surface area contributed by atoms with Crippen molar-refractivity contribution in [3.8, 4) is 16.9 Å². The van der Waals surface area contributed by atoms with Gasteiger partial charge in [-0.1, -0.05) is 54.6 Å². The Morgan fingerprint density at radius 1 is 0.941 bits per heavy atom. The van der Waals surface area contributed by atoms with Crippen molar-refractivity contribution < 1.29 is 18.3 Å². The summed E-state index contributed by atoms with van der Waals surface area (Å²) in [6.07, 6.45) is 3.19. The van der Waals surface area contributed by atoms with Crippen molar-refractivity contribution in [1.82, 2.24) is 0 Å². The molecule has 1 heterocycles. The van der Waals surface area contributed by atoms with Gasteiger partial charge in [0.05, 0.1) is 19.1 Å². The molecule has 1 N–H and O–H groups in total. The number of anilines is 1. The SMILES string of the molecule is COc1cc2occ(-c3cccc4ccccc34)c2cc1/C(C)=C/C(=O)Nc1ccccc1F. The monoisotopic (exact) mass is 451 g/mol. The van der Waals surface area contributed by atoms with Gasteiger partial charge in [0, 0.05) is 28.7 Å². The third-order valence-corrected chi connectivity index (χ3v) is 5.88. The number of halogens is 1. The quantitative estimate of drug-likeness (QED) is 0.283. The van der Waals surface area contributed by atoms with Crippen LogP contribution in [-0.4, -0.2) is 13.0 Å². The summed E-state index contributed by atoms with van der Waals surface area (Å²) < 4.78 is 25.4. The molecule has 0 radical (unpaired) electrons. The van der Waals surface area contributed by atoms with E-state index in [1.807, 2.05) is 37.3 Å². The lowest BCUT2D eigenvalue weighted by molar-refractivity contribution is -0.111. The van der Waals surface area contributed by atoms with Crippen LogP contribution in [0, 0.1) is 5.82 Å². The number of fused-ring (bicyclic) bond motifs is 2. The first kappa shape index (κ1) is 21.5. The Kier molecular flexibility index (Phi) is 5.60. The first-order valence-corrected chi connectivity index (χ1v) is 10.9. The predicted octanol–water partition coefficient (Wildman–Crippen LogP) is 7.44. The average molecular weight is 451 g/mol. The molecule has 1 amide bonds. The Labute approximate surface area is 196 Å². The molecule has 5 aromatic rings. The molecule has 1 aromatic heterocycles. The van der Waals surface area contributed by atoms with Gasteiger partial charge >= 0.3 is 0 Å². The molecule has 168 valence electrons. The molecule has 0 unspecified atom stereocenters. The molecule has 5 heteroatoms. The molecule has 0 bridgehead atoms. The van der Waals surface area contributed by atoms with Crippen LogP contribution in [0.1, 0.15) is 12.5 Å². The zero-order valence-electron chi connectivity index (χ0n) is 18.8. The minimum atomic E-state index is -0.487. The summed E-state index contributed by atoms with van der Waals surface area (Å²) in [5.41, 5.74) is 4.27. The Morgan fingerprint density at radius 3 is 2.53 bits per heavy atom. The van der Waals surface area contributed by atoms with Gasteiger partial charge in [0.15, 0.2) is 0 Å². The van der Waals surface area contributed by atoms with Crippen molar-refractivity contribution in [2.75, 3.05) is 12.4 Å². The molecule has 0 spiro atoms. The minimum Gasteiger partial charge on any atom is -0.496 e. The fraction of sp³-hybridized carbons (Fsp3) is 0.0690. The Hall–Kier alpha value is -4.38. The van der Waals surface area contributed by atoms with Gasteiger partial charge in [0.2, 0.25) is 5.91 Å². The summed E-state index contributed by atoms with van der Waals surface area (Å²) in [6.45, 7) is 1.82. The van der Waals surface area contributed by atoms with Gasteiger partial charge in [0.25, 0.3) is 0 Å². The number of amides is 1. The lowest BCUT2D eigenvalue weighted by Gasteiger charge is -2.11. The van der Waals surface area contributed by atoms with Gasteiger partial charge in [-0.05, 0) is 47.0 Å². The fourth-order valence-electron chi connectivity index (χ4n) is 4.21. The number of para-hydroxylation sites is 1. The lowest BCUT2D eigenvalue weighted by atomic mass is 9.96. The van der Waals surface area contributed by atoms with E-state index in [2.05, 4.69) is 29.6 Å². The van der Waals surface area contributed by atoms with Crippen LogP contribution >= 0.6 is 0 Å². The van der Waals surface area contributed by atoms with Crippen molar-refractivity contribution in [2.24, 2.45) is 0 Å². The first-order chi connectivity index (χ1) is 16.5. The second-order valence-electron chi connectivity index (χ2n) is 8.02. The number of carbonyl (C=O) groups is 1. The third kappa shape index (κ3) is 3.92. The predicted molar refractivity (Wildman–Crippen MR) is 134 cm³/mol. The summed E-state index contributed by atoms with van der Waals surface area (Å²) in [4.78, 5) is 12.6. The molecule has 0 aliphatic heterocycles. The summed E-state index contributed by atoms with van der Waals surface area (Å²) in [6, 6.07) is 24.2. The largest absolute Gasteiger partial charge is 0.496 e. The van der Waals surface area contributed by atoms with Crippen LogP contribution in [-0.2, 0) is 4.79 Å². The van der Waals surface area contributed by atoms with Crippen molar-refractivity contribution >= 4 is 38.9 Å². The smallest absolute Gasteiger partial charge is 0.248 e. The van der Waals surface area contributed by atoms with Crippen LogP contribution in [0.25, 0.3) is 38.4 Å². The van der Waals surface area contributed by atoms with Crippen LogP contribution in [0.3, 0.4) is 0 Å². The maximum atomic E-state index is 13.9. The zero-order valence-corrected chi connectivity index (χ0v) is 18.8. The number of benzene rings is 4. The minimum absolute atomic E-state index is 0.132. The van der Waals surface area contributed by atoms with Crippen LogP contribution < -0.4 is 10.1 Å².